The molecular weight excluding hydrogens is 271 g/mol. The molecule has 0 fully saturated rings. The first kappa shape index (κ1) is 14.9. The number of benzene rings is 1. The molecule has 0 aliphatic rings. The first-order valence-electron chi connectivity index (χ1n) is 4.87. The average molecular weight is 278 g/mol. The average Bonchev–Trinajstić information content (AvgIpc) is 2.33. The predicted octanol–water partition coefficient (Wildman–Crippen LogP) is 2.41. The summed E-state index contributed by atoms with van der Waals surface area (Å²) in [6.07, 6.45) is 0. The maximum Gasteiger partial charge on any atom is 0.258 e. The predicted molar refractivity (Wildman–Crippen MR) is 53.4 cm³/mol. The minimum Gasteiger partial charge on any atom is -0.334 e. The van der Waals surface area contributed by atoms with E-state index in [1.165, 1.54) is 13.8 Å². The van der Waals surface area contributed by atoms with Crippen molar-refractivity contribution in [2.45, 2.75) is 19.4 Å². The van der Waals surface area contributed by atoms with Gasteiger partial charge < -0.3 is 5.32 Å². The van der Waals surface area contributed by atoms with Crippen molar-refractivity contribution in [3.63, 3.8) is 0 Å². The fourth-order valence-corrected chi connectivity index (χ4v) is 1.18. The minimum absolute atomic E-state index is 1.19. The van der Waals surface area contributed by atoms with Gasteiger partial charge in [-0.25, -0.2) is 22.0 Å². The van der Waals surface area contributed by atoms with Crippen LogP contribution >= 0.6 is 0 Å². The molecule has 0 saturated heterocycles. The third-order valence-electron chi connectivity index (χ3n) is 2.14. The lowest BCUT2D eigenvalue weighted by atomic mass is 10.1. The number of nitriles is 1. The van der Waals surface area contributed by atoms with Gasteiger partial charge >= 0.3 is 0 Å². The Balaban J connectivity index is 3.38. The van der Waals surface area contributed by atoms with E-state index in [1.54, 1.807) is 6.07 Å². The van der Waals surface area contributed by atoms with Gasteiger partial charge in [0, 0.05) is 0 Å². The van der Waals surface area contributed by atoms with Crippen molar-refractivity contribution in [3.8, 4) is 6.07 Å². The maximum atomic E-state index is 13.3. The maximum absolute atomic E-state index is 13.3. The molecule has 0 bridgehead atoms. The second-order valence-electron chi connectivity index (χ2n) is 4.14. The highest BCUT2D eigenvalue weighted by Gasteiger charge is 2.32. The van der Waals surface area contributed by atoms with Crippen molar-refractivity contribution in [3.05, 3.63) is 34.6 Å². The Morgan fingerprint density at radius 1 is 1.00 bits per heavy atom. The molecular formula is C11H7F5N2O. The van der Waals surface area contributed by atoms with Gasteiger partial charge in [-0.15, -0.1) is 0 Å². The summed E-state index contributed by atoms with van der Waals surface area (Å²) in [7, 11) is 0. The number of carbonyl (C=O) groups excluding carboxylic acids is 1. The third kappa shape index (κ3) is 2.65. The Labute approximate surface area is 104 Å². The quantitative estimate of drug-likeness (QED) is 0.513. The molecule has 0 saturated carbocycles. The first-order chi connectivity index (χ1) is 8.62. The van der Waals surface area contributed by atoms with Crippen LogP contribution in [0.25, 0.3) is 0 Å². The molecule has 8 heteroatoms. The van der Waals surface area contributed by atoms with Crippen LogP contribution in [0.2, 0.25) is 0 Å². The van der Waals surface area contributed by atoms with Crippen molar-refractivity contribution in [1.29, 1.82) is 5.26 Å². The number of nitrogens with zero attached hydrogens (tertiary/aromatic N) is 1. The minimum atomic E-state index is -2.36. The Kier molecular flexibility index (Phi) is 3.79. The monoisotopic (exact) mass is 278 g/mol. The van der Waals surface area contributed by atoms with Crippen LogP contribution < -0.4 is 5.32 Å². The molecule has 102 valence electrons. The lowest BCUT2D eigenvalue weighted by molar-refractivity contribution is 0.0917. The van der Waals surface area contributed by atoms with E-state index in [4.69, 9.17) is 5.26 Å². The fourth-order valence-electron chi connectivity index (χ4n) is 1.18. The van der Waals surface area contributed by atoms with Crippen molar-refractivity contribution < 1.29 is 26.7 Å². The van der Waals surface area contributed by atoms with E-state index in [9.17, 15) is 26.7 Å². The molecule has 1 aromatic carbocycles. The number of rotatable bonds is 2. The molecule has 1 amide bonds. The summed E-state index contributed by atoms with van der Waals surface area (Å²) in [6, 6.07) is 1.58. The van der Waals surface area contributed by atoms with Crippen LogP contribution in [0, 0.1) is 40.4 Å². The molecule has 1 N–H and O–H groups in total. The van der Waals surface area contributed by atoms with Gasteiger partial charge in [0.05, 0.1) is 6.07 Å². The molecule has 1 rings (SSSR count). The third-order valence-corrected chi connectivity index (χ3v) is 2.14. The van der Waals surface area contributed by atoms with Crippen molar-refractivity contribution in [2.75, 3.05) is 0 Å². The number of nitrogens with one attached hydrogen (secondary N) is 1. The second-order valence-corrected chi connectivity index (χ2v) is 4.14. The molecule has 19 heavy (non-hydrogen) atoms. The molecule has 0 aliphatic carbocycles. The molecule has 0 heterocycles. The van der Waals surface area contributed by atoms with Crippen molar-refractivity contribution >= 4 is 5.91 Å². The molecule has 0 aliphatic heterocycles. The molecule has 0 atom stereocenters. The Morgan fingerprint density at radius 3 is 1.74 bits per heavy atom. The number of carbonyl (C=O) groups is 1. The number of halogens is 5. The summed E-state index contributed by atoms with van der Waals surface area (Å²) in [5, 5.41) is 10.5. The van der Waals surface area contributed by atoms with E-state index in [0.29, 0.717) is 0 Å². The number of hydrogen-bond acceptors (Lipinski definition) is 2. The van der Waals surface area contributed by atoms with E-state index >= 15 is 0 Å². The van der Waals surface area contributed by atoms with Crippen LogP contribution in [0.3, 0.4) is 0 Å². The highest BCUT2D eigenvalue weighted by molar-refractivity contribution is 5.95. The molecule has 0 aromatic heterocycles. The Hall–Kier alpha value is -2.17. The summed E-state index contributed by atoms with van der Waals surface area (Å²) < 4.78 is 65.0. The van der Waals surface area contributed by atoms with Crippen molar-refractivity contribution in [1.82, 2.24) is 5.32 Å². The SMILES string of the molecule is CC(C)(C#N)NC(=O)c1c(F)c(F)c(F)c(F)c1F. The zero-order valence-corrected chi connectivity index (χ0v) is 9.75. The van der Waals surface area contributed by atoms with Gasteiger partial charge in [0.2, 0.25) is 5.82 Å². The summed E-state index contributed by atoms with van der Waals surface area (Å²) in [5.74, 6) is -12.9. The normalized spacial score (nSPS) is 11.1. The van der Waals surface area contributed by atoms with Crippen LogP contribution in [0.5, 0.6) is 0 Å². The van der Waals surface area contributed by atoms with E-state index in [1.807, 2.05) is 5.32 Å². The van der Waals surface area contributed by atoms with Crippen LogP contribution in [-0.4, -0.2) is 11.4 Å². The molecule has 3 nitrogen and oxygen atoms in total. The zero-order valence-electron chi connectivity index (χ0n) is 9.75. The smallest absolute Gasteiger partial charge is 0.258 e. The largest absolute Gasteiger partial charge is 0.334 e. The molecule has 1 aromatic rings. The summed E-state index contributed by atoms with van der Waals surface area (Å²) in [5.41, 5.74) is -3.16. The van der Waals surface area contributed by atoms with Gasteiger partial charge in [-0.3, -0.25) is 4.79 Å². The van der Waals surface area contributed by atoms with Gasteiger partial charge in [-0.2, -0.15) is 5.26 Å². The summed E-state index contributed by atoms with van der Waals surface area (Å²) >= 11 is 0. The van der Waals surface area contributed by atoms with Crippen molar-refractivity contribution in [2.24, 2.45) is 0 Å². The lowest BCUT2D eigenvalue weighted by Crippen LogP contribution is -2.43. The second kappa shape index (κ2) is 4.84. The summed E-state index contributed by atoms with van der Waals surface area (Å²) in [4.78, 5) is 11.5. The molecule has 0 radical (unpaired) electrons. The number of hydrogen-bond donors (Lipinski definition) is 1. The molecule has 0 unspecified atom stereocenters. The van der Waals surface area contributed by atoms with Gasteiger partial charge in [-0.1, -0.05) is 0 Å². The number of amides is 1. The Bertz CT molecular complexity index is 563. The van der Waals surface area contributed by atoms with Crippen LogP contribution in [-0.2, 0) is 0 Å². The van der Waals surface area contributed by atoms with Gasteiger partial charge in [-0.05, 0) is 13.8 Å². The summed E-state index contributed by atoms with van der Waals surface area (Å²) in [6.45, 7) is 2.38. The molecule has 0 spiro atoms. The highest BCUT2D eigenvalue weighted by Crippen LogP contribution is 2.23. The zero-order chi connectivity index (χ0) is 15.0. The fraction of sp³-hybridized carbons (Fsp3) is 0.273. The Morgan fingerprint density at radius 2 is 1.37 bits per heavy atom. The van der Waals surface area contributed by atoms with E-state index in [-0.39, 0.29) is 0 Å². The lowest BCUT2D eigenvalue weighted by Gasteiger charge is -2.18. The van der Waals surface area contributed by atoms with Gasteiger partial charge in [0.25, 0.3) is 5.91 Å². The van der Waals surface area contributed by atoms with E-state index in [0.717, 1.165) is 0 Å². The van der Waals surface area contributed by atoms with Crippen LogP contribution in [0.15, 0.2) is 0 Å². The van der Waals surface area contributed by atoms with Crippen LogP contribution in [0.1, 0.15) is 24.2 Å². The van der Waals surface area contributed by atoms with E-state index in [2.05, 4.69) is 0 Å². The van der Waals surface area contributed by atoms with E-state index < -0.39 is 46.1 Å². The first-order valence-corrected chi connectivity index (χ1v) is 4.87. The van der Waals surface area contributed by atoms with Crippen LogP contribution in [0.4, 0.5) is 22.0 Å². The highest BCUT2D eigenvalue weighted by atomic mass is 19.2. The van der Waals surface area contributed by atoms with Gasteiger partial charge in [0.1, 0.15) is 11.1 Å². The van der Waals surface area contributed by atoms with Gasteiger partial charge in [0.15, 0.2) is 23.3 Å². The topological polar surface area (TPSA) is 52.9 Å². The standard InChI is InChI=1S/C11H7F5N2O/c1-11(2,3-17)18-10(19)4-5(12)7(14)9(16)8(15)6(4)13/h1-2H3,(H,18,19).